The normalized spacial score (nSPS) is 11.7. The second-order valence-corrected chi connectivity index (χ2v) is 4.06. The van der Waals surface area contributed by atoms with E-state index in [2.05, 4.69) is 53.2 Å². The van der Waals surface area contributed by atoms with E-state index in [1.54, 1.807) is 11.8 Å². The molecule has 0 aliphatic rings. The first-order valence-corrected chi connectivity index (χ1v) is 5.74. The molecule has 0 aromatic heterocycles. The van der Waals surface area contributed by atoms with Crippen LogP contribution in [0, 0.1) is 0 Å². The molecular formula is C10H11BrS. The number of thioether (sulfide) groups is 1. The molecule has 0 nitrogen and oxygen atoms in total. The summed E-state index contributed by atoms with van der Waals surface area (Å²) in [5.41, 5.74) is 0. The fourth-order valence-corrected chi connectivity index (χ4v) is 2.24. The van der Waals surface area contributed by atoms with Crippen LogP contribution in [0.3, 0.4) is 0 Å². The lowest BCUT2D eigenvalue weighted by Crippen LogP contribution is -1.76. The molecule has 0 unspecified atom stereocenters. The molecule has 64 valence electrons. The monoisotopic (exact) mass is 242 g/mol. The van der Waals surface area contributed by atoms with Gasteiger partial charge in [0, 0.05) is 10.2 Å². The highest BCUT2D eigenvalue weighted by Crippen LogP contribution is 2.26. The van der Waals surface area contributed by atoms with Crippen LogP contribution in [0.4, 0.5) is 0 Å². The minimum atomic E-state index is 0.934. The van der Waals surface area contributed by atoms with Crippen molar-refractivity contribution in [2.24, 2.45) is 0 Å². The van der Waals surface area contributed by atoms with E-state index in [4.69, 9.17) is 0 Å². The lowest BCUT2D eigenvalue weighted by atomic mass is 10.4. The van der Waals surface area contributed by atoms with Gasteiger partial charge in [0.1, 0.15) is 0 Å². The molecule has 0 bridgehead atoms. The minimum Gasteiger partial charge on any atom is -0.0940 e. The van der Waals surface area contributed by atoms with Crippen LogP contribution in [0.15, 0.2) is 46.2 Å². The van der Waals surface area contributed by atoms with Gasteiger partial charge in [-0.2, -0.15) is 0 Å². The van der Waals surface area contributed by atoms with Crippen LogP contribution in [-0.4, -0.2) is 5.33 Å². The first kappa shape index (κ1) is 9.87. The Morgan fingerprint density at radius 1 is 1.42 bits per heavy atom. The number of hydrogen-bond donors (Lipinski definition) is 0. The van der Waals surface area contributed by atoms with Gasteiger partial charge in [0.15, 0.2) is 0 Å². The van der Waals surface area contributed by atoms with Gasteiger partial charge in [-0.3, -0.25) is 0 Å². The third-order valence-electron chi connectivity index (χ3n) is 1.45. The van der Waals surface area contributed by atoms with Gasteiger partial charge in [0.05, 0.1) is 0 Å². The lowest BCUT2D eigenvalue weighted by Gasteiger charge is -2.01. The summed E-state index contributed by atoms with van der Waals surface area (Å²) in [6.07, 6.45) is 2.13. The number of allylic oxidation sites excluding steroid dienone is 2. The third-order valence-corrected chi connectivity index (χ3v) is 3.57. The van der Waals surface area contributed by atoms with Gasteiger partial charge in [-0.05, 0) is 24.0 Å². The molecule has 1 aromatic rings. The molecule has 0 fully saturated rings. The zero-order chi connectivity index (χ0) is 8.81. The summed E-state index contributed by atoms with van der Waals surface area (Å²) in [7, 11) is 0. The van der Waals surface area contributed by atoms with Crippen LogP contribution in [0.1, 0.15) is 6.92 Å². The Hall–Kier alpha value is -0.210. The molecule has 0 saturated heterocycles. The van der Waals surface area contributed by atoms with E-state index >= 15 is 0 Å². The number of benzene rings is 1. The van der Waals surface area contributed by atoms with Gasteiger partial charge < -0.3 is 0 Å². The van der Waals surface area contributed by atoms with Crippen molar-refractivity contribution in [2.45, 2.75) is 11.8 Å². The van der Waals surface area contributed by atoms with E-state index < -0.39 is 0 Å². The molecule has 0 spiro atoms. The second kappa shape index (κ2) is 5.44. The summed E-state index contributed by atoms with van der Waals surface area (Å²) in [4.78, 5) is 2.64. The summed E-state index contributed by atoms with van der Waals surface area (Å²) in [6.45, 7) is 2.06. The quantitative estimate of drug-likeness (QED) is 0.569. The summed E-state index contributed by atoms with van der Waals surface area (Å²) < 4.78 is 0. The van der Waals surface area contributed by atoms with Crippen LogP contribution in [0.25, 0.3) is 0 Å². The van der Waals surface area contributed by atoms with Crippen molar-refractivity contribution in [1.82, 2.24) is 0 Å². The molecule has 1 aromatic carbocycles. The van der Waals surface area contributed by atoms with E-state index in [9.17, 15) is 0 Å². The zero-order valence-electron chi connectivity index (χ0n) is 6.96. The summed E-state index contributed by atoms with van der Waals surface area (Å²) in [6, 6.07) is 10.4. The highest BCUT2D eigenvalue weighted by atomic mass is 79.9. The van der Waals surface area contributed by atoms with Crippen LogP contribution >= 0.6 is 27.7 Å². The first-order valence-electron chi connectivity index (χ1n) is 3.81. The fourth-order valence-electron chi connectivity index (χ4n) is 0.803. The maximum atomic E-state index is 3.44. The highest BCUT2D eigenvalue weighted by Gasteiger charge is 1.95. The van der Waals surface area contributed by atoms with Crippen molar-refractivity contribution in [3.63, 3.8) is 0 Å². The van der Waals surface area contributed by atoms with Crippen LogP contribution in [0.5, 0.6) is 0 Å². The zero-order valence-corrected chi connectivity index (χ0v) is 9.36. The van der Waals surface area contributed by atoms with E-state index in [1.807, 2.05) is 6.07 Å². The summed E-state index contributed by atoms with van der Waals surface area (Å²) >= 11 is 5.25. The van der Waals surface area contributed by atoms with E-state index in [0.29, 0.717) is 0 Å². The summed E-state index contributed by atoms with van der Waals surface area (Å²) in [5, 5.41) is 0.934. The predicted molar refractivity (Wildman–Crippen MR) is 59.9 cm³/mol. The van der Waals surface area contributed by atoms with Gasteiger partial charge in [-0.1, -0.05) is 52.0 Å². The molecule has 0 aliphatic heterocycles. The Bertz CT molecular complexity index is 254. The fraction of sp³-hybridized carbons (Fsp3) is 0.200. The molecular weight excluding hydrogens is 232 g/mol. The third kappa shape index (κ3) is 3.03. The van der Waals surface area contributed by atoms with Gasteiger partial charge in [-0.15, -0.1) is 0 Å². The van der Waals surface area contributed by atoms with E-state index in [0.717, 1.165) is 5.33 Å². The van der Waals surface area contributed by atoms with Crippen molar-refractivity contribution < 1.29 is 0 Å². The van der Waals surface area contributed by atoms with Crippen molar-refractivity contribution in [3.8, 4) is 0 Å². The van der Waals surface area contributed by atoms with Gasteiger partial charge in [0.2, 0.25) is 0 Å². The molecule has 0 saturated carbocycles. The number of hydrogen-bond acceptors (Lipinski definition) is 1. The number of alkyl halides is 1. The Kier molecular flexibility index (Phi) is 4.48. The number of rotatable bonds is 3. The van der Waals surface area contributed by atoms with E-state index in [-0.39, 0.29) is 0 Å². The maximum Gasteiger partial charge on any atom is 0.0343 e. The van der Waals surface area contributed by atoms with Crippen molar-refractivity contribution in [1.29, 1.82) is 0 Å². The number of halogens is 1. The Morgan fingerprint density at radius 3 is 2.58 bits per heavy atom. The van der Waals surface area contributed by atoms with Crippen molar-refractivity contribution in [3.05, 3.63) is 41.3 Å². The topological polar surface area (TPSA) is 0 Å². The van der Waals surface area contributed by atoms with Crippen LogP contribution < -0.4 is 0 Å². The average molecular weight is 243 g/mol. The van der Waals surface area contributed by atoms with Crippen LogP contribution in [-0.2, 0) is 0 Å². The SMILES string of the molecule is C/C=C(\CBr)Sc1ccccc1. The largest absolute Gasteiger partial charge is 0.0940 e. The first-order chi connectivity index (χ1) is 5.86. The minimum absolute atomic E-state index is 0.934. The molecule has 12 heavy (non-hydrogen) atoms. The molecule has 0 heterocycles. The Balaban J connectivity index is 2.64. The molecule has 2 heteroatoms. The van der Waals surface area contributed by atoms with E-state index in [1.165, 1.54) is 9.80 Å². The Labute approximate surface area is 86.2 Å². The molecule has 0 amide bonds. The predicted octanol–water partition coefficient (Wildman–Crippen LogP) is 4.08. The summed E-state index contributed by atoms with van der Waals surface area (Å²) in [5.74, 6) is 0. The van der Waals surface area contributed by atoms with Gasteiger partial charge in [-0.25, -0.2) is 0 Å². The van der Waals surface area contributed by atoms with Crippen molar-refractivity contribution >= 4 is 27.7 Å². The van der Waals surface area contributed by atoms with Gasteiger partial charge in [0.25, 0.3) is 0 Å². The lowest BCUT2D eigenvalue weighted by molar-refractivity contribution is 1.46. The molecule has 0 aliphatic carbocycles. The standard InChI is InChI=1S/C10H11BrS/c1-2-9(8-11)12-10-6-4-3-5-7-10/h2-7H,8H2,1H3/b9-2+. The van der Waals surface area contributed by atoms with Crippen molar-refractivity contribution in [2.75, 3.05) is 5.33 Å². The molecule has 0 radical (unpaired) electrons. The molecule has 1 rings (SSSR count). The average Bonchev–Trinajstić information content (AvgIpc) is 2.16. The Morgan fingerprint density at radius 2 is 2.08 bits per heavy atom. The van der Waals surface area contributed by atoms with Gasteiger partial charge >= 0.3 is 0 Å². The van der Waals surface area contributed by atoms with Crippen LogP contribution in [0.2, 0.25) is 0 Å². The molecule has 0 atom stereocenters. The second-order valence-electron chi connectivity index (χ2n) is 2.30. The maximum absolute atomic E-state index is 3.44. The molecule has 0 N–H and O–H groups in total. The highest BCUT2D eigenvalue weighted by molar-refractivity contribution is 9.09. The smallest absolute Gasteiger partial charge is 0.0343 e.